The highest BCUT2D eigenvalue weighted by molar-refractivity contribution is 6.31. The molecule has 78 valence electrons. The van der Waals surface area contributed by atoms with Gasteiger partial charge < -0.3 is 4.74 Å². The van der Waals surface area contributed by atoms with E-state index in [1.165, 1.54) is 6.07 Å². The zero-order chi connectivity index (χ0) is 10.7. The van der Waals surface area contributed by atoms with Crippen LogP contribution in [-0.4, -0.2) is 6.10 Å². The van der Waals surface area contributed by atoms with Gasteiger partial charge in [0.15, 0.2) is 0 Å². The SMILES string of the molecule is CC(C)O[C@H](C)c1c(F)cccc1Cl. The van der Waals surface area contributed by atoms with E-state index >= 15 is 0 Å². The molecular weight excluding hydrogens is 203 g/mol. The van der Waals surface area contributed by atoms with Gasteiger partial charge in [-0.1, -0.05) is 17.7 Å². The van der Waals surface area contributed by atoms with Gasteiger partial charge in [-0.25, -0.2) is 4.39 Å². The van der Waals surface area contributed by atoms with E-state index in [0.717, 1.165) is 0 Å². The molecule has 0 saturated carbocycles. The van der Waals surface area contributed by atoms with E-state index in [-0.39, 0.29) is 18.0 Å². The van der Waals surface area contributed by atoms with Crippen molar-refractivity contribution in [1.29, 1.82) is 0 Å². The van der Waals surface area contributed by atoms with Crippen LogP contribution in [0.3, 0.4) is 0 Å². The maximum atomic E-state index is 13.4. The standard InChI is InChI=1S/C11H14ClFO/c1-7(2)14-8(3)11-9(12)5-4-6-10(11)13/h4-8H,1-3H3/t8-/m1/s1. The molecule has 0 aromatic heterocycles. The number of hydrogen-bond acceptors (Lipinski definition) is 1. The van der Waals surface area contributed by atoms with Gasteiger partial charge in [0.05, 0.1) is 12.2 Å². The third-order valence-corrected chi connectivity index (χ3v) is 2.21. The van der Waals surface area contributed by atoms with E-state index in [0.29, 0.717) is 10.6 Å². The second-order valence-electron chi connectivity index (χ2n) is 3.46. The van der Waals surface area contributed by atoms with Crippen molar-refractivity contribution < 1.29 is 9.13 Å². The Bertz CT molecular complexity index is 292. The molecule has 1 rings (SSSR count). The number of ether oxygens (including phenoxy) is 1. The van der Waals surface area contributed by atoms with Gasteiger partial charge >= 0.3 is 0 Å². The molecule has 0 saturated heterocycles. The predicted octanol–water partition coefficient (Wildman–Crippen LogP) is 3.97. The van der Waals surface area contributed by atoms with E-state index in [2.05, 4.69) is 0 Å². The topological polar surface area (TPSA) is 9.23 Å². The summed E-state index contributed by atoms with van der Waals surface area (Å²) in [4.78, 5) is 0. The van der Waals surface area contributed by atoms with Crippen molar-refractivity contribution in [3.05, 3.63) is 34.6 Å². The van der Waals surface area contributed by atoms with Crippen molar-refractivity contribution in [2.75, 3.05) is 0 Å². The molecule has 1 atom stereocenters. The molecule has 0 N–H and O–H groups in total. The van der Waals surface area contributed by atoms with Crippen molar-refractivity contribution >= 4 is 11.6 Å². The van der Waals surface area contributed by atoms with Gasteiger partial charge in [0.1, 0.15) is 5.82 Å². The molecule has 0 aliphatic rings. The van der Waals surface area contributed by atoms with Crippen molar-refractivity contribution in [3.63, 3.8) is 0 Å². The van der Waals surface area contributed by atoms with E-state index in [1.807, 2.05) is 13.8 Å². The van der Waals surface area contributed by atoms with Crippen LogP contribution < -0.4 is 0 Å². The lowest BCUT2D eigenvalue weighted by molar-refractivity contribution is 0.0160. The Balaban J connectivity index is 2.94. The summed E-state index contributed by atoms with van der Waals surface area (Å²) >= 11 is 5.89. The summed E-state index contributed by atoms with van der Waals surface area (Å²) in [5.41, 5.74) is 0.433. The minimum absolute atomic E-state index is 0.0562. The van der Waals surface area contributed by atoms with E-state index in [4.69, 9.17) is 16.3 Å². The first-order valence-corrected chi connectivity index (χ1v) is 4.99. The van der Waals surface area contributed by atoms with Crippen molar-refractivity contribution in [2.45, 2.75) is 33.0 Å². The summed E-state index contributed by atoms with van der Waals surface area (Å²) in [6.45, 7) is 5.61. The Morgan fingerprint density at radius 1 is 1.29 bits per heavy atom. The Kier molecular flexibility index (Phi) is 3.90. The van der Waals surface area contributed by atoms with Crippen LogP contribution in [0.25, 0.3) is 0 Å². The van der Waals surface area contributed by atoms with Crippen LogP contribution in [0, 0.1) is 5.82 Å². The summed E-state index contributed by atoms with van der Waals surface area (Å²) in [7, 11) is 0. The molecule has 14 heavy (non-hydrogen) atoms. The molecule has 1 nitrogen and oxygen atoms in total. The zero-order valence-corrected chi connectivity index (χ0v) is 9.31. The van der Waals surface area contributed by atoms with Gasteiger partial charge in [-0.3, -0.25) is 0 Å². The minimum Gasteiger partial charge on any atom is -0.371 e. The molecule has 0 amide bonds. The fraction of sp³-hybridized carbons (Fsp3) is 0.455. The predicted molar refractivity (Wildman–Crippen MR) is 56.0 cm³/mol. The normalized spacial score (nSPS) is 13.3. The second-order valence-corrected chi connectivity index (χ2v) is 3.87. The van der Waals surface area contributed by atoms with Gasteiger partial charge in [-0.2, -0.15) is 0 Å². The van der Waals surface area contributed by atoms with Gasteiger partial charge in [-0.05, 0) is 32.9 Å². The zero-order valence-electron chi connectivity index (χ0n) is 8.55. The fourth-order valence-electron chi connectivity index (χ4n) is 1.38. The minimum atomic E-state index is -0.316. The molecule has 1 aromatic rings. The first kappa shape index (κ1) is 11.5. The lowest BCUT2D eigenvalue weighted by atomic mass is 10.1. The summed E-state index contributed by atoms with van der Waals surface area (Å²) in [6, 6.07) is 4.64. The van der Waals surface area contributed by atoms with Gasteiger partial charge in [0.2, 0.25) is 0 Å². The van der Waals surface area contributed by atoms with Crippen molar-refractivity contribution in [3.8, 4) is 0 Å². The number of hydrogen-bond donors (Lipinski definition) is 0. The number of benzene rings is 1. The molecule has 0 unspecified atom stereocenters. The smallest absolute Gasteiger partial charge is 0.130 e. The van der Waals surface area contributed by atoms with Crippen LogP contribution in [0.15, 0.2) is 18.2 Å². The highest BCUT2D eigenvalue weighted by Crippen LogP contribution is 2.28. The molecule has 0 bridgehead atoms. The maximum absolute atomic E-state index is 13.4. The van der Waals surface area contributed by atoms with Gasteiger partial charge in [-0.15, -0.1) is 0 Å². The van der Waals surface area contributed by atoms with Crippen molar-refractivity contribution in [2.24, 2.45) is 0 Å². The lowest BCUT2D eigenvalue weighted by Crippen LogP contribution is -2.09. The van der Waals surface area contributed by atoms with Crippen molar-refractivity contribution in [1.82, 2.24) is 0 Å². The average molecular weight is 217 g/mol. The molecule has 0 radical (unpaired) electrons. The summed E-state index contributed by atoms with van der Waals surface area (Å²) in [5, 5.41) is 0.415. The second kappa shape index (κ2) is 4.76. The highest BCUT2D eigenvalue weighted by Gasteiger charge is 2.15. The van der Waals surface area contributed by atoms with Crippen LogP contribution in [0.2, 0.25) is 5.02 Å². The first-order valence-electron chi connectivity index (χ1n) is 4.61. The molecule has 3 heteroatoms. The van der Waals surface area contributed by atoms with Gasteiger partial charge in [0, 0.05) is 10.6 Å². The molecule has 1 aromatic carbocycles. The first-order chi connectivity index (χ1) is 6.52. The highest BCUT2D eigenvalue weighted by atomic mass is 35.5. The Morgan fingerprint density at radius 2 is 1.93 bits per heavy atom. The third-order valence-electron chi connectivity index (χ3n) is 1.88. The lowest BCUT2D eigenvalue weighted by Gasteiger charge is -2.18. The van der Waals surface area contributed by atoms with E-state index < -0.39 is 0 Å². The number of halogens is 2. The Morgan fingerprint density at radius 3 is 2.43 bits per heavy atom. The summed E-state index contributed by atoms with van der Waals surface area (Å²) in [5.74, 6) is -0.314. The monoisotopic (exact) mass is 216 g/mol. The average Bonchev–Trinajstić information content (AvgIpc) is 2.01. The Hall–Kier alpha value is -0.600. The van der Waals surface area contributed by atoms with Gasteiger partial charge in [0.25, 0.3) is 0 Å². The fourth-order valence-corrected chi connectivity index (χ4v) is 1.69. The van der Waals surface area contributed by atoms with Crippen LogP contribution in [0.4, 0.5) is 4.39 Å². The molecule has 0 fully saturated rings. The quantitative estimate of drug-likeness (QED) is 0.743. The molecule has 0 spiro atoms. The van der Waals surface area contributed by atoms with Crippen LogP contribution in [-0.2, 0) is 4.74 Å². The Labute approximate surface area is 88.8 Å². The van der Waals surface area contributed by atoms with Crippen LogP contribution >= 0.6 is 11.6 Å². The van der Waals surface area contributed by atoms with E-state index in [9.17, 15) is 4.39 Å². The maximum Gasteiger partial charge on any atom is 0.130 e. The number of rotatable bonds is 3. The summed E-state index contributed by atoms with van der Waals surface area (Å²) < 4.78 is 18.9. The molecule has 0 heterocycles. The van der Waals surface area contributed by atoms with Crippen LogP contribution in [0.5, 0.6) is 0 Å². The third kappa shape index (κ3) is 2.69. The largest absolute Gasteiger partial charge is 0.371 e. The van der Waals surface area contributed by atoms with Crippen LogP contribution in [0.1, 0.15) is 32.4 Å². The van der Waals surface area contributed by atoms with E-state index in [1.54, 1.807) is 19.1 Å². The molecular formula is C11H14ClFO. The summed E-state index contributed by atoms with van der Waals surface area (Å²) in [6.07, 6.45) is -0.260. The molecule has 0 aliphatic heterocycles. The molecule has 0 aliphatic carbocycles.